The van der Waals surface area contributed by atoms with Gasteiger partial charge in [-0.05, 0) is 12.0 Å². The first-order valence-electron chi connectivity index (χ1n) is 4.59. The van der Waals surface area contributed by atoms with Crippen LogP contribution in [0.2, 0.25) is 0 Å². The summed E-state index contributed by atoms with van der Waals surface area (Å²) in [4.78, 5) is 0. The highest BCUT2D eigenvalue weighted by Gasteiger charge is 2.28. The molecule has 3 nitrogen and oxygen atoms in total. The summed E-state index contributed by atoms with van der Waals surface area (Å²) in [5, 5.41) is 0. The third kappa shape index (κ3) is 2.03. The first kappa shape index (κ1) is 9.83. The minimum absolute atomic E-state index is 0.234. The average Bonchev–Trinajstić information content (AvgIpc) is 2.52. The van der Waals surface area contributed by atoms with Crippen LogP contribution < -0.4 is 0 Å². The van der Waals surface area contributed by atoms with Crippen molar-refractivity contribution in [3.8, 4) is 0 Å². The van der Waals surface area contributed by atoms with Gasteiger partial charge in [-0.2, -0.15) is 4.31 Å². The summed E-state index contributed by atoms with van der Waals surface area (Å²) in [6.07, 6.45) is 0.892. The second kappa shape index (κ2) is 4.21. The zero-order chi connectivity index (χ0) is 9.97. The molecule has 0 aliphatic carbocycles. The average molecular weight is 211 g/mol. The van der Waals surface area contributed by atoms with E-state index in [1.807, 2.05) is 25.2 Å². The van der Waals surface area contributed by atoms with E-state index in [4.69, 9.17) is 4.18 Å². The molecule has 2 atom stereocenters. The van der Waals surface area contributed by atoms with E-state index in [1.165, 1.54) is 5.56 Å². The van der Waals surface area contributed by atoms with Crippen LogP contribution in [0.4, 0.5) is 0 Å². The molecule has 0 aromatic heterocycles. The first-order chi connectivity index (χ1) is 6.77. The van der Waals surface area contributed by atoms with Gasteiger partial charge in [-0.3, -0.25) is 4.18 Å². The standard InChI is InChI=1S/C10H13NO2S/c1-11-10(8-13-14(11)12)7-9-5-3-2-4-6-9/h2-6,10H,7-8H2,1H3/t10-,14?/m0/s1. The van der Waals surface area contributed by atoms with Crippen molar-refractivity contribution in [2.75, 3.05) is 13.7 Å². The quantitative estimate of drug-likeness (QED) is 0.734. The van der Waals surface area contributed by atoms with Crippen molar-refractivity contribution in [1.29, 1.82) is 0 Å². The molecule has 14 heavy (non-hydrogen) atoms. The highest BCUT2D eigenvalue weighted by molar-refractivity contribution is 7.77. The lowest BCUT2D eigenvalue weighted by Gasteiger charge is -2.14. The minimum atomic E-state index is -1.24. The Kier molecular flexibility index (Phi) is 2.96. The van der Waals surface area contributed by atoms with E-state index in [1.54, 1.807) is 4.31 Å². The molecular formula is C10H13NO2S. The van der Waals surface area contributed by atoms with Gasteiger partial charge in [-0.25, -0.2) is 4.21 Å². The summed E-state index contributed by atoms with van der Waals surface area (Å²) in [6.45, 7) is 0.554. The first-order valence-corrected chi connectivity index (χ1v) is 5.62. The van der Waals surface area contributed by atoms with E-state index >= 15 is 0 Å². The Morgan fingerprint density at radius 3 is 2.79 bits per heavy atom. The zero-order valence-electron chi connectivity index (χ0n) is 8.05. The maximum Gasteiger partial charge on any atom is 0.237 e. The van der Waals surface area contributed by atoms with Crippen molar-refractivity contribution >= 4 is 11.3 Å². The lowest BCUT2D eigenvalue weighted by atomic mass is 10.1. The summed E-state index contributed by atoms with van der Waals surface area (Å²) in [6, 6.07) is 10.4. The molecule has 0 N–H and O–H groups in total. The molecule has 0 radical (unpaired) electrons. The number of nitrogens with zero attached hydrogens (tertiary/aromatic N) is 1. The van der Waals surface area contributed by atoms with Gasteiger partial charge < -0.3 is 0 Å². The monoisotopic (exact) mass is 211 g/mol. The molecule has 0 amide bonds. The topological polar surface area (TPSA) is 29.5 Å². The van der Waals surface area contributed by atoms with E-state index in [-0.39, 0.29) is 6.04 Å². The van der Waals surface area contributed by atoms with Gasteiger partial charge in [-0.15, -0.1) is 0 Å². The van der Waals surface area contributed by atoms with Gasteiger partial charge in [-0.1, -0.05) is 30.3 Å². The van der Waals surface area contributed by atoms with Gasteiger partial charge in [0.1, 0.15) is 0 Å². The summed E-state index contributed by atoms with van der Waals surface area (Å²) < 4.78 is 18.0. The third-order valence-electron chi connectivity index (χ3n) is 2.42. The van der Waals surface area contributed by atoms with Crippen LogP contribution in [-0.4, -0.2) is 28.2 Å². The van der Waals surface area contributed by atoms with Crippen LogP contribution in [-0.2, 0) is 21.9 Å². The van der Waals surface area contributed by atoms with E-state index in [9.17, 15) is 4.21 Å². The maximum atomic E-state index is 11.2. The predicted octanol–water partition coefficient (Wildman–Crippen LogP) is 1.14. The fourth-order valence-electron chi connectivity index (χ4n) is 1.52. The highest BCUT2D eigenvalue weighted by atomic mass is 32.2. The van der Waals surface area contributed by atoms with Crippen LogP contribution in [0.25, 0.3) is 0 Å². The SMILES string of the molecule is CN1[C@@H](Cc2ccccc2)COS1=O. The Morgan fingerprint density at radius 2 is 2.21 bits per heavy atom. The molecule has 0 bridgehead atoms. The van der Waals surface area contributed by atoms with Crippen molar-refractivity contribution in [2.24, 2.45) is 0 Å². The van der Waals surface area contributed by atoms with Crippen LogP contribution in [0.1, 0.15) is 5.56 Å². The second-order valence-electron chi connectivity index (χ2n) is 3.39. The smallest absolute Gasteiger partial charge is 0.237 e. The summed E-state index contributed by atoms with van der Waals surface area (Å²) >= 11 is -1.24. The number of benzene rings is 1. The summed E-state index contributed by atoms with van der Waals surface area (Å²) in [5.41, 5.74) is 1.26. The number of likely N-dealkylation sites (N-methyl/N-ethyl adjacent to an activating group) is 1. The molecular weight excluding hydrogens is 198 g/mol. The van der Waals surface area contributed by atoms with E-state index in [0.29, 0.717) is 6.61 Å². The molecule has 2 rings (SSSR count). The lowest BCUT2D eigenvalue weighted by Crippen LogP contribution is -2.29. The van der Waals surface area contributed by atoms with Crippen LogP contribution in [0, 0.1) is 0 Å². The summed E-state index contributed by atoms with van der Waals surface area (Å²) in [5.74, 6) is 0. The van der Waals surface area contributed by atoms with Gasteiger partial charge in [0.25, 0.3) is 0 Å². The third-order valence-corrected chi connectivity index (χ3v) is 3.53. The molecule has 1 saturated heterocycles. The molecule has 0 spiro atoms. The number of hydrogen-bond donors (Lipinski definition) is 0. The van der Waals surface area contributed by atoms with Gasteiger partial charge in [0.15, 0.2) is 0 Å². The zero-order valence-corrected chi connectivity index (χ0v) is 8.87. The Balaban J connectivity index is 2.02. The fourth-order valence-corrected chi connectivity index (χ4v) is 2.34. The maximum absolute atomic E-state index is 11.2. The van der Waals surface area contributed by atoms with Crippen LogP contribution in [0.3, 0.4) is 0 Å². The Bertz CT molecular complexity index is 328. The van der Waals surface area contributed by atoms with Gasteiger partial charge in [0.2, 0.25) is 11.3 Å². The normalized spacial score (nSPS) is 28.1. The fraction of sp³-hybridized carbons (Fsp3) is 0.400. The number of hydrogen-bond acceptors (Lipinski definition) is 2. The molecule has 1 aliphatic heterocycles. The minimum Gasteiger partial charge on any atom is -0.276 e. The van der Waals surface area contributed by atoms with E-state index in [2.05, 4.69) is 12.1 Å². The molecule has 1 aromatic rings. The molecule has 1 fully saturated rings. The molecule has 1 unspecified atom stereocenters. The molecule has 1 heterocycles. The number of rotatable bonds is 2. The lowest BCUT2D eigenvalue weighted by molar-refractivity contribution is 0.327. The molecule has 4 heteroatoms. The van der Waals surface area contributed by atoms with Gasteiger partial charge in [0.05, 0.1) is 12.6 Å². The second-order valence-corrected chi connectivity index (χ2v) is 4.64. The van der Waals surface area contributed by atoms with Gasteiger partial charge in [0, 0.05) is 7.05 Å². The highest BCUT2D eigenvalue weighted by Crippen LogP contribution is 2.16. The Labute approximate surface area is 86.5 Å². The molecule has 1 aliphatic rings. The molecule has 76 valence electrons. The van der Waals surface area contributed by atoms with Crippen molar-refractivity contribution in [3.63, 3.8) is 0 Å². The van der Waals surface area contributed by atoms with Crippen LogP contribution in [0.5, 0.6) is 0 Å². The molecule has 0 saturated carbocycles. The van der Waals surface area contributed by atoms with Crippen LogP contribution >= 0.6 is 0 Å². The Morgan fingerprint density at radius 1 is 1.50 bits per heavy atom. The van der Waals surface area contributed by atoms with Gasteiger partial charge >= 0.3 is 0 Å². The van der Waals surface area contributed by atoms with Crippen molar-refractivity contribution in [3.05, 3.63) is 35.9 Å². The Hall–Kier alpha value is -0.710. The van der Waals surface area contributed by atoms with E-state index < -0.39 is 11.3 Å². The predicted molar refractivity (Wildman–Crippen MR) is 55.8 cm³/mol. The largest absolute Gasteiger partial charge is 0.276 e. The van der Waals surface area contributed by atoms with Crippen LogP contribution in [0.15, 0.2) is 30.3 Å². The van der Waals surface area contributed by atoms with Crippen molar-refractivity contribution in [2.45, 2.75) is 12.5 Å². The summed E-state index contributed by atoms with van der Waals surface area (Å²) in [7, 11) is 1.83. The van der Waals surface area contributed by atoms with Crippen molar-refractivity contribution in [1.82, 2.24) is 4.31 Å². The molecule has 1 aromatic carbocycles. The van der Waals surface area contributed by atoms with E-state index in [0.717, 1.165) is 6.42 Å². The van der Waals surface area contributed by atoms with Crippen molar-refractivity contribution < 1.29 is 8.39 Å².